The minimum absolute atomic E-state index is 0.0890. The van der Waals surface area contributed by atoms with Gasteiger partial charge in [0, 0.05) is 16.8 Å². The third-order valence-corrected chi connectivity index (χ3v) is 3.56. The van der Waals surface area contributed by atoms with Crippen molar-refractivity contribution >= 4 is 23.2 Å². The first-order valence-electron chi connectivity index (χ1n) is 7.02. The second-order valence-corrected chi connectivity index (χ2v) is 5.45. The normalized spacial score (nSPS) is 10.5. The second-order valence-electron chi connectivity index (χ2n) is 5.02. The van der Waals surface area contributed by atoms with Crippen LogP contribution in [0.15, 0.2) is 65.5 Å². The fraction of sp³-hybridized carbons (Fsp3) is 0.0588. The van der Waals surface area contributed by atoms with E-state index in [1.54, 1.807) is 24.3 Å². The van der Waals surface area contributed by atoms with Crippen molar-refractivity contribution in [3.8, 4) is 11.3 Å². The Bertz CT molecular complexity index is 867. The van der Waals surface area contributed by atoms with Gasteiger partial charge in [0.1, 0.15) is 6.54 Å². The number of benzene rings is 2. The molecule has 0 aliphatic rings. The first-order chi connectivity index (χ1) is 11.1. The van der Waals surface area contributed by atoms with Crippen LogP contribution in [0.4, 0.5) is 5.69 Å². The number of aromatic amines is 1. The number of hydrogen-bond donors (Lipinski definition) is 2. The van der Waals surface area contributed by atoms with Crippen molar-refractivity contribution in [3.63, 3.8) is 0 Å². The summed E-state index contributed by atoms with van der Waals surface area (Å²) in [5.74, 6) is -0.295. The summed E-state index contributed by atoms with van der Waals surface area (Å²) in [5, 5.41) is 6.26. The van der Waals surface area contributed by atoms with Gasteiger partial charge in [0.05, 0.1) is 5.69 Å². The van der Waals surface area contributed by atoms with Gasteiger partial charge in [-0.3, -0.25) is 14.7 Å². The molecule has 116 valence electrons. The van der Waals surface area contributed by atoms with Crippen LogP contribution in [0, 0.1) is 0 Å². The highest BCUT2D eigenvalue weighted by Crippen LogP contribution is 2.15. The maximum Gasteiger partial charge on any atom is 0.267 e. The molecule has 6 heteroatoms. The average molecular weight is 328 g/mol. The first kappa shape index (κ1) is 15.1. The molecule has 2 aromatic carbocycles. The summed E-state index contributed by atoms with van der Waals surface area (Å²) >= 11 is 5.80. The van der Waals surface area contributed by atoms with E-state index in [-0.39, 0.29) is 18.0 Å². The molecule has 0 saturated carbocycles. The molecule has 0 atom stereocenters. The molecule has 0 aliphatic heterocycles. The van der Waals surface area contributed by atoms with Crippen molar-refractivity contribution in [2.45, 2.75) is 6.54 Å². The number of H-pyrrole nitrogens is 1. The standard InChI is InChI=1S/C17H14ClN3O2/c18-13-6-8-14(9-7-13)19-16(22)11-21-17(23)10-15(20-21)12-4-2-1-3-5-12/h1-10,20H,11H2,(H,19,22). The fourth-order valence-electron chi connectivity index (χ4n) is 2.19. The van der Waals surface area contributed by atoms with Gasteiger partial charge in [-0.25, -0.2) is 4.68 Å². The summed E-state index contributed by atoms with van der Waals surface area (Å²) in [4.78, 5) is 24.0. The Morgan fingerprint density at radius 2 is 1.78 bits per heavy atom. The Hall–Kier alpha value is -2.79. The van der Waals surface area contributed by atoms with E-state index >= 15 is 0 Å². The number of aromatic nitrogens is 2. The summed E-state index contributed by atoms with van der Waals surface area (Å²) in [5.41, 5.74) is 1.94. The highest BCUT2D eigenvalue weighted by molar-refractivity contribution is 6.30. The van der Waals surface area contributed by atoms with Crippen molar-refractivity contribution in [1.29, 1.82) is 0 Å². The summed E-state index contributed by atoms with van der Waals surface area (Å²) in [6, 6.07) is 17.7. The van der Waals surface area contributed by atoms with Crippen LogP contribution < -0.4 is 10.9 Å². The van der Waals surface area contributed by atoms with Gasteiger partial charge in [-0.2, -0.15) is 0 Å². The first-order valence-corrected chi connectivity index (χ1v) is 7.40. The number of halogens is 1. The van der Waals surface area contributed by atoms with Crippen LogP contribution in [-0.4, -0.2) is 15.7 Å². The second kappa shape index (κ2) is 6.54. The third-order valence-electron chi connectivity index (χ3n) is 3.30. The number of amides is 1. The Labute approximate surface area is 137 Å². The maximum absolute atomic E-state index is 12.0. The lowest BCUT2D eigenvalue weighted by atomic mass is 10.2. The Morgan fingerprint density at radius 1 is 1.09 bits per heavy atom. The topological polar surface area (TPSA) is 66.9 Å². The van der Waals surface area contributed by atoms with Crippen molar-refractivity contribution in [2.24, 2.45) is 0 Å². The average Bonchev–Trinajstić information content (AvgIpc) is 2.91. The molecule has 5 nitrogen and oxygen atoms in total. The summed E-state index contributed by atoms with van der Waals surface area (Å²) < 4.78 is 1.27. The Kier molecular flexibility index (Phi) is 4.30. The lowest BCUT2D eigenvalue weighted by molar-refractivity contribution is -0.116. The Balaban J connectivity index is 1.73. The number of carbonyl (C=O) groups excluding carboxylic acids is 1. The quantitative estimate of drug-likeness (QED) is 0.773. The summed E-state index contributed by atoms with van der Waals surface area (Å²) in [7, 11) is 0. The highest BCUT2D eigenvalue weighted by Gasteiger charge is 2.09. The molecule has 1 aromatic heterocycles. The summed E-state index contributed by atoms with van der Waals surface area (Å²) in [6.07, 6.45) is 0. The van der Waals surface area contributed by atoms with Gasteiger partial charge in [0.25, 0.3) is 5.56 Å². The van der Waals surface area contributed by atoms with Crippen LogP contribution in [-0.2, 0) is 11.3 Å². The zero-order valence-electron chi connectivity index (χ0n) is 12.1. The predicted octanol–water partition coefficient (Wildman–Crippen LogP) is 3.14. The predicted molar refractivity (Wildman–Crippen MR) is 90.6 cm³/mol. The minimum Gasteiger partial charge on any atom is -0.324 e. The number of rotatable bonds is 4. The van der Waals surface area contributed by atoms with Crippen molar-refractivity contribution in [1.82, 2.24) is 9.78 Å². The van der Waals surface area contributed by atoms with E-state index in [2.05, 4.69) is 10.4 Å². The molecule has 1 heterocycles. The van der Waals surface area contributed by atoms with Gasteiger partial charge in [-0.15, -0.1) is 0 Å². The van der Waals surface area contributed by atoms with Gasteiger partial charge in [0.15, 0.2) is 0 Å². The lowest BCUT2D eigenvalue weighted by Gasteiger charge is -2.06. The maximum atomic E-state index is 12.0. The van der Waals surface area contributed by atoms with E-state index in [9.17, 15) is 9.59 Å². The molecule has 0 saturated heterocycles. The van der Waals surface area contributed by atoms with Gasteiger partial charge in [-0.05, 0) is 29.8 Å². The fourth-order valence-corrected chi connectivity index (χ4v) is 2.32. The zero-order valence-corrected chi connectivity index (χ0v) is 12.9. The Morgan fingerprint density at radius 3 is 2.48 bits per heavy atom. The molecular formula is C17H14ClN3O2. The van der Waals surface area contributed by atoms with Crippen LogP contribution in [0.25, 0.3) is 11.3 Å². The number of nitrogens with one attached hydrogen (secondary N) is 2. The molecule has 2 N–H and O–H groups in total. The van der Waals surface area contributed by atoms with E-state index in [1.165, 1.54) is 10.7 Å². The molecule has 0 fully saturated rings. The van der Waals surface area contributed by atoms with Gasteiger partial charge < -0.3 is 5.32 Å². The molecule has 0 aliphatic carbocycles. The van der Waals surface area contributed by atoms with E-state index < -0.39 is 0 Å². The molecule has 23 heavy (non-hydrogen) atoms. The summed E-state index contributed by atoms with van der Waals surface area (Å²) in [6.45, 7) is -0.0890. The smallest absolute Gasteiger partial charge is 0.267 e. The van der Waals surface area contributed by atoms with Crippen LogP contribution in [0.2, 0.25) is 5.02 Å². The molecular weight excluding hydrogens is 314 g/mol. The molecule has 0 bridgehead atoms. The van der Waals surface area contributed by atoms with Crippen LogP contribution in [0.1, 0.15) is 0 Å². The number of nitrogens with zero attached hydrogens (tertiary/aromatic N) is 1. The molecule has 0 spiro atoms. The van der Waals surface area contributed by atoms with Crippen LogP contribution in [0.5, 0.6) is 0 Å². The SMILES string of the molecule is O=C(Cn1[nH]c(-c2ccccc2)cc1=O)Nc1ccc(Cl)cc1. The van der Waals surface area contributed by atoms with Crippen molar-refractivity contribution in [2.75, 3.05) is 5.32 Å². The van der Waals surface area contributed by atoms with Gasteiger partial charge in [-0.1, -0.05) is 41.9 Å². The molecule has 3 rings (SSSR count). The molecule has 0 radical (unpaired) electrons. The van der Waals surface area contributed by atoms with Crippen LogP contribution >= 0.6 is 11.6 Å². The van der Waals surface area contributed by atoms with Crippen molar-refractivity contribution in [3.05, 3.63) is 76.0 Å². The number of carbonyl (C=O) groups is 1. The highest BCUT2D eigenvalue weighted by atomic mass is 35.5. The lowest BCUT2D eigenvalue weighted by Crippen LogP contribution is -2.25. The zero-order chi connectivity index (χ0) is 16.2. The van der Waals surface area contributed by atoms with Crippen LogP contribution in [0.3, 0.4) is 0 Å². The monoisotopic (exact) mass is 327 g/mol. The van der Waals surface area contributed by atoms with E-state index in [4.69, 9.17) is 11.6 Å². The van der Waals surface area contributed by atoms with E-state index in [0.717, 1.165) is 5.56 Å². The minimum atomic E-state index is -0.295. The van der Waals surface area contributed by atoms with Gasteiger partial charge in [0.2, 0.25) is 5.91 Å². The van der Waals surface area contributed by atoms with Gasteiger partial charge >= 0.3 is 0 Å². The van der Waals surface area contributed by atoms with Crippen molar-refractivity contribution < 1.29 is 4.79 Å². The third kappa shape index (κ3) is 3.70. The van der Waals surface area contributed by atoms with E-state index in [1.807, 2.05) is 30.3 Å². The van der Waals surface area contributed by atoms with E-state index in [0.29, 0.717) is 16.4 Å². The number of hydrogen-bond acceptors (Lipinski definition) is 2. The number of anilines is 1. The largest absolute Gasteiger partial charge is 0.324 e. The molecule has 1 amide bonds. The molecule has 3 aromatic rings. The molecule has 0 unspecified atom stereocenters.